The Morgan fingerprint density at radius 2 is 1.84 bits per heavy atom. The van der Waals surface area contributed by atoms with Gasteiger partial charge in [0.2, 0.25) is 0 Å². The number of rotatable bonds is 3. The maximum absolute atomic E-state index is 10.8. The Morgan fingerprint density at radius 1 is 1.16 bits per heavy atom. The third-order valence-electron chi connectivity index (χ3n) is 5.70. The van der Waals surface area contributed by atoms with Gasteiger partial charge in [-0.05, 0) is 55.9 Å². The third kappa shape index (κ3) is 2.55. The number of benzene rings is 1. The molecule has 1 aromatic carbocycles. The highest BCUT2D eigenvalue weighted by Crippen LogP contribution is 2.49. The van der Waals surface area contributed by atoms with E-state index in [0.29, 0.717) is 16.3 Å². The van der Waals surface area contributed by atoms with E-state index in [1.165, 1.54) is 0 Å². The summed E-state index contributed by atoms with van der Waals surface area (Å²) in [7, 11) is 1.73. The van der Waals surface area contributed by atoms with Crippen molar-refractivity contribution in [1.29, 1.82) is 5.41 Å². The average Bonchev–Trinajstić information content (AvgIpc) is 3.40. The number of nitrogens with zero attached hydrogens (tertiary/aromatic N) is 2. The molecule has 1 heterocycles. The zero-order chi connectivity index (χ0) is 17.7. The first kappa shape index (κ1) is 16.6. The fourth-order valence-electron chi connectivity index (χ4n) is 3.84. The van der Waals surface area contributed by atoms with E-state index in [2.05, 4.69) is 4.99 Å². The second kappa shape index (κ2) is 5.82. The number of hydrogen-bond acceptors (Lipinski definition) is 3. The molecule has 4 nitrogen and oxygen atoms in total. The summed E-state index contributed by atoms with van der Waals surface area (Å²) in [6, 6.07) is 11.6. The van der Waals surface area contributed by atoms with Crippen LogP contribution in [0.4, 0.5) is 0 Å². The minimum Gasteiger partial charge on any atom is -0.385 e. The molecule has 2 aromatic rings. The van der Waals surface area contributed by atoms with Crippen LogP contribution in [0.25, 0.3) is 0 Å². The topological polar surface area (TPSA) is 61.4 Å². The van der Waals surface area contributed by atoms with Crippen molar-refractivity contribution in [2.45, 2.75) is 43.1 Å². The van der Waals surface area contributed by atoms with Gasteiger partial charge in [-0.25, -0.2) is 0 Å². The number of aromatic nitrogens is 1. The summed E-state index contributed by atoms with van der Waals surface area (Å²) in [6.07, 6.45) is 6.31. The van der Waals surface area contributed by atoms with Crippen molar-refractivity contribution in [3.8, 4) is 0 Å². The Labute approximate surface area is 152 Å². The Bertz CT molecular complexity index is 890. The molecular formula is C20H22ClN3O. The van der Waals surface area contributed by atoms with Crippen LogP contribution in [0.1, 0.15) is 43.2 Å². The quantitative estimate of drug-likeness (QED) is 0.641. The van der Waals surface area contributed by atoms with Crippen molar-refractivity contribution in [2.24, 2.45) is 4.99 Å². The molecule has 4 rings (SSSR count). The highest BCUT2D eigenvalue weighted by Gasteiger charge is 2.49. The van der Waals surface area contributed by atoms with Crippen LogP contribution < -0.4 is 5.49 Å². The SMILES string of the molecule is C/N=c1/c(C2(O)CCC2)cccn1C(=N)C1(c2ccc(Cl)cc2)CC1. The van der Waals surface area contributed by atoms with E-state index < -0.39 is 5.60 Å². The number of nitrogens with one attached hydrogen (secondary N) is 1. The van der Waals surface area contributed by atoms with E-state index in [9.17, 15) is 5.11 Å². The van der Waals surface area contributed by atoms with Gasteiger partial charge in [-0.1, -0.05) is 29.8 Å². The van der Waals surface area contributed by atoms with Crippen LogP contribution in [0.15, 0.2) is 47.6 Å². The Kier molecular flexibility index (Phi) is 3.85. The summed E-state index contributed by atoms with van der Waals surface area (Å²) in [4.78, 5) is 4.43. The fraction of sp³-hybridized carbons (Fsp3) is 0.400. The molecule has 2 aliphatic rings. The molecule has 0 unspecified atom stereocenters. The normalized spacial score (nSPS) is 20.8. The molecule has 2 saturated carbocycles. The second-order valence-corrected chi connectivity index (χ2v) is 7.60. The Hall–Kier alpha value is -1.91. The molecule has 2 fully saturated rings. The second-order valence-electron chi connectivity index (χ2n) is 7.16. The lowest BCUT2D eigenvalue weighted by Crippen LogP contribution is -2.44. The van der Waals surface area contributed by atoms with Gasteiger partial charge in [0.15, 0.2) is 0 Å². The lowest BCUT2D eigenvalue weighted by Gasteiger charge is -2.37. The minimum atomic E-state index is -0.797. The van der Waals surface area contributed by atoms with Gasteiger partial charge < -0.3 is 5.11 Å². The van der Waals surface area contributed by atoms with Crippen LogP contribution in [0, 0.1) is 5.41 Å². The molecule has 2 N–H and O–H groups in total. The van der Waals surface area contributed by atoms with Crippen LogP contribution in [0.3, 0.4) is 0 Å². The van der Waals surface area contributed by atoms with Crippen molar-refractivity contribution < 1.29 is 5.11 Å². The van der Waals surface area contributed by atoms with Gasteiger partial charge in [-0.15, -0.1) is 0 Å². The van der Waals surface area contributed by atoms with Crippen molar-refractivity contribution in [3.63, 3.8) is 0 Å². The van der Waals surface area contributed by atoms with Gasteiger partial charge in [-0.3, -0.25) is 15.0 Å². The van der Waals surface area contributed by atoms with Crippen LogP contribution in [-0.4, -0.2) is 22.6 Å². The van der Waals surface area contributed by atoms with Crippen molar-refractivity contribution in [2.75, 3.05) is 7.05 Å². The molecule has 0 aliphatic heterocycles. The summed E-state index contributed by atoms with van der Waals surface area (Å²) in [5.74, 6) is 0.514. The molecule has 5 heteroatoms. The largest absolute Gasteiger partial charge is 0.385 e. The Balaban J connectivity index is 1.79. The van der Waals surface area contributed by atoms with Gasteiger partial charge in [0.05, 0.1) is 11.0 Å². The van der Waals surface area contributed by atoms with E-state index in [4.69, 9.17) is 17.0 Å². The van der Waals surface area contributed by atoms with Crippen LogP contribution >= 0.6 is 11.6 Å². The molecule has 1 aromatic heterocycles. The number of hydrogen-bond donors (Lipinski definition) is 2. The Morgan fingerprint density at radius 3 is 2.36 bits per heavy atom. The molecule has 25 heavy (non-hydrogen) atoms. The minimum absolute atomic E-state index is 0.282. The summed E-state index contributed by atoms with van der Waals surface area (Å²) >= 11 is 6.02. The van der Waals surface area contributed by atoms with Gasteiger partial charge in [0, 0.05) is 23.8 Å². The monoisotopic (exact) mass is 355 g/mol. The van der Waals surface area contributed by atoms with E-state index >= 15 is 0 Å². The number of pyridine rings is 1. The summed E-state index contributed by atoms with van der Waals surface area (Å²) in [5, 5.41) is 20.4. The average molecular weight is 356 g/mol. The first-order chi connectivity index (χ1) is 12.0. The van der Waals surface area contributed by atoms with E-state index in [1.54, 1.807) is 7.05 Å². The molecule has 130 valence electrons. The van der Waals surface area contributed by atoms with Crippen LogP contribution in [0.5, 0.6) is 0 Å². The molecule has 0 bridgehead atoms. The fourth-order valence-corrected chi connectivity index (χ4v) is 3.97. The van der Waals surface area contributed by atoms with E-state index in [0.717, 1.165) is 43.2 Å². The van der Waals surface area contributed by atoms with Gasteiger partial charge in [-0.2, -0.15) is 0 Å². The summed E-state index contributed by atoms with van der Waals surface area (Å²) in [6.45, 7) is 0. The lowest BCUT2D eigenvalue weighted by atomic mass is 9.75. The van der Waals surface area contributed by atoms with Gasteiger partial charge >= 0.3 is 0 Å². The summed E-state index contributed by atoms with van der Waals surface area (Å²) in [5.41, 5.74) is 1.56. The highest BCUT2D eigenvalue weighted by atomic mass is 35.5. The molecule has 0 radical (unpaired) electrons. The smallest absolute Gasteiger partial charge is 0.139 e. The highest BCUT2D eigenvalue weighted by molar-refractivity contribution is 6.30. The molecule has 0 atom stereocenters. The van der Waals surface area contributed by atoms with Crippen molar-refractivity contribution in [3.05, 3.63) is 64.2 Å². The zero-order valence-electron chi connectivity index (χ0n) is 14.3. The number of aliphatic hydroxyl groups is 1. The molecule has 0 amide bonds. The van der Waals surface area contributed by atoms with E-state index in [1.807, 2.05) is 47.2 Å². The van der Waals surface area contributed by atoms with Crippen LogP contribution in [0.2, 0.25) is 5.02 Å². The molecule has 2 aliphatic carbocycles. The first-order valence-electron chi connectivity index (χ1n) is 8.73. The standard InChI is InChI=1S/C20H22ClN3O/c1-23-17-16(20(25)9-3-10-20)4-2-13-24(17)18(22)19(11-12-19)14-5-7-15(21)8-6-14/h2,4-8,13,22,25H,3,9-12H2,1H3/b22-18?,23-17-. The maximum atomic E-state index is 10.8. The predicted octanol–water partition coefficient (Wildman–Crippen LogP) is 3.60. The molecule has 0 saturated heterocycles. The molecular weight excluding hydrogens is 334 g/mol. The summed E-state index contributed by atoms with van der Waals surface area (Å²) < 4.78 is 1.84. The van der Waals surface area contributed by atoms with Gasteiger partial charge in [0.1, 0.15) is 11.3 Å². The number of halogens is 1. The van der Waals surface area contributed by atoms with Crippen molar-refractivity contribution >= 4 is 17.4 Å². The van der Waals surface area contributed by atoms with Crippen LogP contribution in [-0.2, 0) is 11.0 Å². The third-order valence-corrected chi connectivity index (χ3v) is 5.95. The maximum Gasteiger partial charge on any atom is 0.139 e. The van der Waals surface area contributed by atoms with Crippen molar-refractivity contribution in [1.82, 2.24) is 4.57 Å². The zero-order valence-corrected chi connectivity index (χ0v) is 15.1. The van der Waals surface area contributed by atoms with E-state index in [-0.39, 0.29) is 5.41 Å². The predicted molar refractivity (Wildman–Crippen MR) is 99.2 cm³/mol. The van der Waals surface area contributed by atoms with Gasteiger partial charge in [0.25, 0.3) is 0 Å². The molecule has 0 spiro atoms. The lowest BCUT2D eigenvalue weighted by molar-refractivity contribution is -0.0404. The first-order valence-corrected chi connectivity index (χ1v) is 9.11.